The number of anilines is 2. The van der Waals surface area contributed by atoms with Crippen molar-refractivity contribution in [3.63, 3.8) is 0 Å². The normalized spacial score (nSPS) is 14.8. The van der Waals surface area contributed by atoms with Gasteiger partial charge in [-0.05, 0) is 49.4 Å². The predicted octanol–water partition coefficient (Wildman–Crippen LogP) is 3.37. The highest BCUT2D eigenvalue weighted by molar-refractivity contribution is 6.31. The molecule has 0 bridgehead atoms. The Labute approximate surface area is 174 Å². The van der Waals surface area contributed by atoms with Crippen molar-refractivity contribution < 1.29 is 23.8 Å². The molecule has 0 spiro atoms. The van der Waals surface area contributed by atoms with Gasteiger partial charge in [0.2, 0.25) is 0 Å². The Morgan fingerprint density at radius 2 is 1.83 bits per heavy atom. The number of carbonyl (C=O) groups is 2. The van der Waals surface area contributed by atoms with E-state index in [4.69, 9.17) is 25.8 Å². The zero-order valence-corrected chi connectivity index (χ0v) is 17.1. The zero-order valence-electron chi connectivity index (χ0n) is 16.3. The van der Waals surface area contributed by atoms with Gasteiger partial charge in [0.15, 0.2) is 6.10 Å². The van der Waals surface area contributed by atoms with Gasteiger partial charge >= 0.3 is 5.97 Å². The molecule has 7 nitrogen and oxygen atoms in total. The molecule has 3 rings (SSSR count). The van der Waals surface area contributed by atoms with Crippen LogP contribution in [0.5, 0.6) is 5.75 Å². The summed E-state index contributed by atoms with van der Waals surface area (Å²) in [5, 5.41) is 3.12. The SMILES string of the molecule is COc1ccc(Cl)cc1C(=O)OC(C)C(=O)Nc1ccc(N2CCOCC2)cc1. The molecule has 1 amide bonds. The zero-order chi connectivity index (χ0) is 20.8. The van der Waals surface area contributed by atoms with E-state index in [9.17, 15) is 9.59 Å². The maximum atomic E-state index is 12.4. The summed E-state index contributed by atoms with van der Waals surface area (Å²) in [6, 6.07) is 12.1. The largest absolute Gasteiger partial charge is 0.496 e. The van der Waals surface area contributed by atoms with Crippen molar-refractivity contribution in [2.75, 3.05) is 43.6 Å². The molecule has 0 radical (unpaired) electrons. The molecule has 1 aliphatic rings. The highest BCUT2D eigenvalue weighted by atomic mass is 35.5. The first kappa shape index (κ1) is 21.0. The Morgan fingerprint density at radius 1 is 1.14 bits per heavy atom. The molecule has 0 aromatic heterocycles. The van der Waals surface area contributed by atoms with Crippen LogP contribution < -0.4 is 15.0 Å². The Kier molecular flexibility index (Phi) is 6.95. The first-order valence-corrected chi connectivity index (χ1v) is 9.64. The number of nitrogens with zero attached hydrogens (tertiary/aromatic N) is 1. The van der Waals surface area contributed by atoms with E-state index in [1.54, 1.807) is 12.1 Å². The van der Waals surface area contributed by atoms with Crippen molar-refractivity contribution in [3.05, 3.63) is 53.1 Å². The molecule has 1 fully saturated rings. The van der Waals surface area contributed by atoms with Crippen LogP contribution in [-0.2, 0) is 14.3 Å². The van der Waals surface area contributed by atoms with Gasteiger partial charge in [-0.25, -0.2) is 4.79 Å². The van der Waals surface area contributed by atoms with Crippen LogP contribution in [0.15, 0.2) is 42.5 Å². The first-order chi connectivity index (χ1) is 14.0. The van der Waals surface area contributed by atoms with Gasteiger partial charge < -0.3 is 24.4 Å². The van der Waals surface area contributed by atoms with Crippen molar-refractivity contribution >= 4 is 34.9 Å². The number of morpholine rings is 1. The molecule has 0 aliphatic carbocycles. The molecule has 2 aromatic carbocycles. The van der Waals surface area contributed by atoms with Gasteiger partial charge in [-0.3, -0.25) is 4.79 Å². The summed E-state index contributed by atoms with van der Waals surface area (Å²) < 4.78 is 15.8. The fourth-order valence-corrected chi connectivity index (χ4v) is 3.11. The number of benzene rings is 2. The summed E-state index contributed by atoms with van der Waals surface area (Å²) in [6.07, 6.45) is -0.995. The van der Waals surface area contributed by atoms with E-state index >= 15 is 0 Å². The summed E-state index contributed by atoms with van der Waals surface area (Å²) in [6.45, 7) is 4.60. The van der Waals surface area contributed by atoms with Crippen LogP contribution in [0.4, 0.5) is 11.4 Å². The lowest BCUT2D eigenvalue weighted by molar-refractivity contribution is -0.123. The monoisotopic (exact) mass is 418 g/mol. The number of esters is 1. The van der Waals surface area contributed by atoms with E-state index in [0.29, 0.717) is 29.7 Å². The Balaban J connectivity index is 1.59. The number of hydrogen-bond acceptors (Lipinski definition) is 6. The number of methoxy groups -OCH3 is 1. The van der Waals surface area contributed by atoms with E-state index in [1.165, 1.54) is 20.1 Å². The lowest BCUT2D eigenvalue weighted by Crippen LogP contribution is -2.36. The third-order valence-corrected chi connectivity index (χ3v) is 4.78. The van der Waals surface area contributed by atoms with Gasteiger partial charge in [-0.1, -0.05) is 11.6 Å². The highest BCUT2D eigenvalue weighted by Gasteiger charge is 2.22. The van der Waals surface area contributed by atoms with Gasteiger partial charge in [0, 0.05) is 29.5 Å². The Hall–Kier alpha value is -2.77. The van der Waals surface area contributed by atoms with Gasteiger partial charge in [0.25, 0.3) is 5.91 Å². The van der Waals surface area contributed by atoms with E-state index < -0.39 is 18.0 Å². The average molecular weight is 419 g/mol. The predicted molar refractivity (Wildman–Crippen MR) is 111 cm³/mol. The van der Waals surface area contributed by atoms with E-state index in [0.717, 1.165) is 18.8 Å². The third kappa shape index (κ3) is 5.40. The molecule has 154 valence electrons. The standard InChI is InChI=1S/C21H23ClN2O5/c1-14(29-21(26)18-13-15(22)3-8-19(18)27-2)20(25)23-16-4-6-17(7-5-16)24-9-11-28-12-10-24/h3-8,13-14H,9-12H2,1-2H3,(H,23,25). The van der Waals surface area contributed by atoms with Crippen LogP contribution in [-0.4, -0.2) is 51.4 Å². The average Bonchev–Trinajstić information content (AvgIpc) is 2.74. The lowest BCUT2D eigenvalue weighted by Gasteiger charge is -2.28. The fourth-order valence-electron chi connectivity index (χ4n) is 2.94. The second kappa shape index (κ2) is 9.62. The number of nitrogens with one attached hydrogen (secondary N) is 1. The van der Waals surface area contributed by atoms with Gasteiger partial charge in [-0.2, -0.15) is 0 Å². The molecule has 29 heavy (non-hydrogen) atoms. The third-order valence-electron chi connectivity index (χ3n) is 4.55. The van der Waals surface area contributed by atoms with Gasteiger partial charge in [0.05, 0.1) is 20.3 Å². The summed E-state index contributed by atoms with van der Waals surface area (Å²) >= 11 is 5.94. The van der Waals surface area contributed by atoms with E-state index in [1.807, 2.05) is 24.3 Å². The van der Waals surface area contributed by atoms with Crippen LogP contribution in [0.2, 0.25) is 5.02 Å². The minimum absolute atomic E-state index is 0.162. The molecule has 8 heteroatoms. The molecular formula is C21H23ClN2O5. The van der Waals surface area contributed by atoms with Gasteiger partial charge in [0.1, 0.15) is 11.3 Å². The molecule has 1 unspecified atom stereocenters. The fraction of sp³-hybridized carbons (Fsp3) is 0.333. The second-order valence-corrected chi connectivity index (χ2v) is 6.96. The van der Waals surface area contributed by atoms with Crippen molar-refractivity contribution in [1.29, 1.82) is 0 Å². The van der Waals surface area contributed by atoms with Crippen LogP contribution >= 0.6 is 11.6 Å². The van der Waals surface area contributed by atoms with E-state index in [-0.39, 0.29) is 5.56 Å². The smallest absolute Gasteiger partial charge is 0.342 e. The maximum absolute atomic E-state index is 12.4. The minimum atomic E-state index is -0.995. The molecule has 1 aliphatic heterocycles. The van der Waals surface area contributed by atoms with Crippen molar-refractivity contribution in [1.82, 2.24) is 0 Å². The second-order valence-electron chi connectivity index (χ2n) is 6.53. The summed E-state index contributed by atoms with van der Waals surface area (Å²) in [5.74, 6) is -0.793. The molecule has 1 saturated heterocycles. The molecule has 1 N–H and O–H groups in total. The number of carbonyl (C=O) groups excluding carboxylic acids is 2. The quantitative estimate of drug-likeness (QED) is 0.725. The number of amides is 1. The van der Waals surface area contributed by atoms with E-state index in [2.05, 4.69) is 10.2 Å². The molecule has 2 aromatic rings. The van der Waals surface area contributed by atoms with Crippen molar-refractivity contribution in [2.24, 2.45) is 0 Å². The van der Waals surface area contributed by atoms with Crippen LogP contribution in [0.3, 0.4) is 0 Å². The lowest BCUT2D eigenvalue weighted by atomic mass is 10.2. The summed E-state index contributed by atoms with van der Waals surface area (Å²) in [5.41, 5.74) is 1.85. The Bertz CT molecular complexity index is 866. The van der Waals surface area contributed by atoms with Crippen LogP contribution in [0.1, 0.15) is 17.3 Å². The topological polar surface area (TPSA) is 77.1 Å². The molecule has 1 heterocycles. The molecular weight excluding hydrogens is 396 g/mol. The first-order valence-electron chi connectivity index (χ1n) is 9.26. The maximum Gasteiger partial charge on any atom is 0.342 e. The van der Waals surface area contributed by atoms with Crippen LogP contribution in [0.25, 0.3) is 0 Å². The summed E-state index contributed by atoms with van der Waals surface area (Å²) in [4.78, 5) is 27.0. The Morgan fingerprint density at radius 3 is 2.48 bits per heavy atom. The van der Waals surface area contributed by atoms with Gasteiger partial charge in [-0.15, -0.1) is 0 Å². The highest BCUT2D eigenvalue weighted by Crippen LogP contribution is 2.24. The van der Waals surface area contributed by atoms with Crippen molar-refractivity contribution in [3.8, 4) is 5.75 Å². The number of hydrogen-bond donors (Lipinski definition) is 1. The number of rotatable bonds is 6. The number of ether oxygens (including phenoxy) is 3. The minimum Gasteiger partial charge on any atom is -0.496 e. The molecule has 1 atom stereocenters. The van der Waals surface area contributed by atoms with Crippen LogP contribution in [0, 0.1) is 0 Å². The van der Waals surface area contributed by atoms with Crippen molar-refractivity contribution in [2.45, 2.75) is 13.0 Å². The summed E-state index contributed by atoms with van der Waals surface area (Å²) in [7, 11) is 1.44. The number of halogens is 1. The molecule has 0 saturated carbocycles.